The minimum Gasteiger partial charge on any atom is -0.382 e. The Hall–Kier alpha value is -0.480. The molecular formula is C12H22F4O5. The van der Waals surface area contributed by atoms with E-state index >= 15 is 0 Å². The fourth-order valence-electron chi connectivity index (χ4n) is 1.07. The maximum Gasteiger partial charge on any atom is 0.330 e. The summed E-state index contributed by atoms with van der Waals surface area (Å²) < 4.78 is 72.9. The molecule has 0 amide bonds. The molecule has 0 heterocycles. The molecule has 0 bridgehead atoms. The van der Waals surface area contributed by atoms with Crippen molar-refractivity contribution in [1.29, 1.82) is 0 Å². The molecule has 0 aromatic heterocycles. The van der Waals surface area contributed by atoms with Crippen LogP contribution in [0, 0.1) is 0 Å². The summed E-state index contributed by atoms with van der Waals surface area (Å²) in [5.41, 5.74) is 0. The minimum absolute atomic E-state index is 0.0347. The van der Waals surface area contributed by atoms with Gasteiger partial charge in [-0.25, -0.2) is 8.78 Å². The van der Waals surface area contributed by atoms with Crippen LogP contribution in [0.4, 0.5) is 17.6 Å². The molecule has 21 heavy (non-hydrogen) atoms. The van der Waals surface area contributed by atoms with E-state index in [0.717, 1.165) is 0 Å². The SMILES string of the molecule is COCCOCCOCCOCCOCC(F)(F)C(F)F. The Morgan fingerprint density at radius 1 is 0.714 bits per heavy atom. The Kier molecular flexibility index (Phi) is 12.9. The molecule has 0 spiro atoms. The Bertz CT molecular complexity index is 232. The molecule has 0 unspecified atom stereocenters. The van der Waals surface area contributed by atoms with Crippen molar-refractivity contribution < 1.29 is 41.2 Å². The van der Waals surface area contributed by atoms with Crippen LogP contribution in [0.2, 0.25) is 0 Å². The molecule has 9 heteroatoms. The summed E-state index contributed by atoms with van der Waals surface area (Å²) >= 11 is 0. The first kappa shape index (κ1) is 20.5. The number of alkyl halides is 4. The Morgan fingerprint density at radius 2 is 1.10 bits per heavy atom. The zero-order valence-electron chi connectivity index (χ0n) is 12.0. The molecule has 0 aliphatic heterocycles. The van der Waals surface area contributed by atoms with Crippen molar-refractivity contribution in [1.82, 2.24) is 0 Å². The molecule has 0 saturated carbocycles. The number of hydrogen-bond acceptors (Lipinski definition) is 5. The quantitative estimate of drug-likeness (QED) is 0.338. The summed E-state index contributed by atoms with van der Waals surface area (Å²) in [5.74, 6) is -4.12. The van der Waals surface area contributed by atoms with E-state index in [2.05, 4.69) is 4.74 Å². The summed E-state index contributed by atoms with van der Waals surface area (Å²) in [6.07, 6.45) is -3.72. The lowest BCUT2D eigenvalue weighted by atomic mass is 10.4. The molecule has 0 radical (unpaired) electrons. The first-order chi connectivity index (χ1) is 10.0. The summed E-state index contributed by atoms with van der Waals surface area (Å²) in [6, 6.07) is 0. The molecule has 0 aliphatic carbocycles. The van der Waals surface area contributed by atoms with Crippen LogP contribution in [0.1, 0.15) is 0 Å². The predicted octanol–water partition coefficient (Wildman–Crippen LogP) is 1.60. The normalized spacial score (nSPS) is 12.3. The highest BCUT2D eigenvalue weighted by Crippen LogP contribution is 2.22. The molecular weight excluding hydrogens is 300 g/mol. The Labute approximate surface area is 121 Å². The van der Waals surface area contributed by atoms with Gasteiger partial charge in [0.15, 0.2) is 0 Å². The molecule has 0 fully saturated rings. The van der Waals surface area contributed by atoms with Crippen molar-refractivity contribution in [2.24, 2.45) is 0 Å². The number of ether oxygens (including phenoxy) is 5. The Morgan fingerprint density at radius 3 is 1.48 bits per heavy atom. The molecule has 0 aromatic carbocycles. The lowest BCUT2D eigenvalue weighted by molar-refractivity contribution is -0.168. The highest BCUT2D eigenvalue weighted by atomic mass is 19.3. The number of hydrogen-bond donors (Lipinski definition) is 0. The monoisotopic (exact) mass is 322 g/mol. The molecule has 0 saturated heterocycles. The fraction of sp³-hybridized carbons (Fsp3) is 1.00. The standard InChI is InChI=1S/C12H22F4O5/c1-17-2-3-18-4-5-19-6-7-20-8-9-21-10-12(15,16)11(13)14/h11H,2-10H2,1H3. The lowest BCUT2D eigenvalue weighted by Crippen LogP contribution is -2.32. The van der Waals surface area contributed by atoms with Crippen LogP contribution in [0.5, 0.6) is 0 Å². The zero-order valence-corrected chi connectivity index (χ0v) is 12.0. The summed E-state index contributed by atoms with van der Waals surface area (Å²) in [7, 11) is 1.58. The van der Waals surface area contributed by atoms with Gasteiger partial charge in [-0.1, -0.05) is 0 Å². The van der Waals surface area contributed by atoms with Crippen LogP contribution in [0.15, 0.2) is 0 Å². The summed E-state index contributed by atoms with van der Waals surface area (Å²) in [5, 5.41) is 0. The third kappa shape index (κ3) is 12.9. The second kappa shape index (κ2) is 13.2. The van der Waals surface area contributed by atoms with Gasteiger partial charge in [-0.05, 0) is 0 Å². The van der Waals surface area contributed by atoms with Gasteiger partial charge in [-0.3, -0.25) is 0 Å². The van der Waals surface area contributed by atoms with E-state index in [4.69, 9.17) is 18.9 Å². The van der Waals surface area contributed by atoms with Crippen molar-refractivity contribution in [2.75, 3.05) is 66.6 Å². The largest absolute Gasteiger partial charge is 0.382 e. The number of halogens is 4. The van der Waals surface area contributed by atoms with Crippen LogP contribution in [0.25, 0.3) is 0 Å². The first-order valence-corrected chi connectivity index (χ1v) is 6.46. The van der Waals surface area contributed by atoms with Crippen molar-refractivity contribution in [2.45, 2.75) is 12.3 Å². The van der Waals surface area contributed by atoms with Crippen molar-refractivity contribution in [3.05, 3.63) is 0 Å². The van der Waals surface area contributed by atoms with Gasteiger partial charge >= 0.3 is 12.3 Å². The Balaban J connectivity index is 3.16. The fourth-order valence-corrected chi connectivity index (χ4v) is 1.07. The van der Waals surface area contributed by atoms with E-state index in [1.54, 1.807) is 7.11 Å². The summed E-state index contributed by atoms with van der Waals surface area (Å²) in [4.78, 5) is 0. The van der Waals surface area contributed by atoms with Crippen LogP contribution in [0.3, 0.4) is 0 Å². The molecule has 128 valence electrons. The van der Waals surface area contributed by atoms with E-state index in [9.17, 15) is 17.6 Å². The van der Waals surface area contributed by atoms with E-state index in [-0.39, 0.29) is 19.8 Å². The highest BCUT2D eigenvalue weighted by molar-refractivity contribution is 4.67. The van der Waals surface area contributed by atoms with Gasteiger partial charge in [0.25, 0.3) is 0 Å². The highest BCUT2D eigenvalue weighted by Gasteiger charge is 2.40. The number of rotatable bonds is 15. The molecule has 0 aliphatic rings. The van der Waals surface area contributed by atoms with Gasteiger partial charge in [-0.2, -0.15) is 8.78 Å². The maximum atomic E-state index is 12.4. The van der Waals surface area contributed by atoms with Crippen LogP contribution in [-0.2, 0) is 23.7 Å². The van der Waals surface area contributed by atoms with E-state index in [1.807, 2.05) is 0 Å². The average Bonchev–Trinajstić information content (AvgIpc) is 2.43. The van der Waals surface area contributed by atoms with Gasteiger partial charge < -0.3 is 23.7 Å². The molecule has 0 N–H and O–H groups in total. The van der Waals surface area contributed by atoms with Crippen molar-refractivity contribution >= 4 is 0 Å². The van der Waals surface area contributed by atoms with E-state index in [1.165, 1.54) is 0 Å². The number of methoxy groups -OCH3 is 1. The van der Waals surface area contributed by atoms with Gasteiger partial charge in [0.2, 0.25) is 0 Å². The average molecular weight is 322 g/mol. The minimum atomic E-state index is -4.12. The third-order valence-electron chi connectivity index (χ3n) is 2.16. The van der Waals surface area contributed by atoms with Crippen LogP contribution >= 0.6 is 0 Å². The molecule has 5 nitrogen and oxygen atoms in total. The van der Waals surface area contributed by atoms with Gasteiger partial charge in [0, 0.05) is 7.11 Å². The molecule has 0 atom stereocenters. The second-order valence-corrected chi connectivity index (χ2v) is 3.94. The zero-order chi connectivity index (χ0) is 16.0. The van der Waals surface area contributed by atoms with E-state index < -0.39 is 19.0 Å². The van der Waals surface area contributed by atoms with Crippen LogP contribution in [-0.4, -0.2) is 78.9 Å². The van der Waals surface area contributed by atoms with Gasteiger partial charge in [-0.15, -0.1) is 0 Å². The van der Waals surface area contributed by atoms with Crippen LogP contribution < -0.4 is 0 Å². The lowest BCUT2D eigenvalue weighted by Gasteiger charge is -2.15. The maximum absolute atomic E-state index is 12.4. The topological polar surface area (TPSA) is 46.2 Å². The predicted molar refractivity (Wildman–Crippen MR) is 66.1 cm³/mol. The third-order valence-corrected chi connectivity index (χ3v) is 2.16. The van der Waals surface area contributed by atoms with E-state index in [0.29, 0.717) is 33.0 Å². The first-order valence-electron chi connectivity index (χ1n) is 6.46. The van der Waals surface area contributed by atoms with Gasteiger partial charge in [0.05, 0.1) is 52.9 Å². The van der Waals surface area contributed by atoms with Crippen molar-refractivity contribution in [3.8, 4) is 0 Å². The van der Waals surface area contributed by atoms with Crippen molar-refractivity contribution in [3.63, 3.8) is 0 Å². The molecule has 0 rings (SSSR count). The van der Waals surface area contributed by atoms with Gasteiger partial charge in [0.1, 0.15) is 6.61 Å². The summed E-state index contributed by atoms with van der Waals surface area (Å²) in [6.45, 7) is 0.982. The smallest absolute Gasteiger partial charge is 0.330 e. The molecule has 0 aromatic rings. The second-order valence-electron chi connectivity index (χ2n) is 3.94.